The number of benzene rings is 3. The van der Waals surface area contributed by atoms with Gasteiger partial charge in [0, 0.05) is 23.0 Å². The van der Waals surface area contributed by atoms with Crippen LogP contribution in [-0.4, -0.2) is 21.0 Å². The van der Waals surface area contributed by atoms with E-state index >= 15 is 0 Å². The number of aromatic nitrogens is 3. The number of hydrogen-bond donors (Lipinski definition) is 4. The van der Waals surface area contributed by atoms with Gasteiger partial charge in [-0.2, -0.15) is 13.2 Å². The molecule has 2 heterocycles. The lowest BCUT2D eigenvalue weighted by molar-refractivity contribution is -0.137. The van der Waals surface area contributed by atoms with Gasteiger partial charge in [0.1, 0.15) is 17.1 Å². The number of amides is 2. The Bertz CT molecular complexity index is 1680. The molecule has 2 aromatic heterocycles. The van der Waals surface area contributed by atoms with Gasteiger partial charge in [0.2, 0.25) is 0 Å². The fourth-order valence-electron chi connectivity index (χ4n) is 3.66. The normalized spacial score (nSPS) is 11.6. The molecular formula is C24H15F4N5O3. The van der Waals surface area contributed by atoms with Crippen LogP contribution >= 0.6 is 0 Å². The molecule has 0 unspecified atom stereocenters. The average Bonchev–Trinajstić information content (AvgIpc) is 3.22. The maximum absolute atomic E-state index is 14.0. The number of nitrogens with zero attached hydrogens (tertiary/aromatic N) is 1. The molecule has 4 N–H and O–H groups in total. The maximum Gasteiger partial charge on any atom is 0.416 e. The van der Waals surface area contributed by atoms with Crippen molar-refractivity contribution in [1.29, 1.82) is 0 Å². The number of carbonyl (C=O) groups excluding carboxylic acids is 1. The molecule has 0 saturated heterocycles. The van der Waals surface area contributed by atoms with E-state index in [2.05, 4.69) is 25.6 Å². The standard InChI is InChI=1S/C24H15F4N5O3/c25-15-6-5-12(24(26,27)28)11-17(15)31-22(34)30-16-7-8-18(14-4-2-1-3-13(14)16)36-19-9-10-29-21-20(19)32-23(35)33-21/h1-11H,(H2,30,31,34)(H2,29,32,33,35). The summed E-state index contributed by atoms with van der Waals surface area (Å²) in [6, 6.07) is 12.4. The third-order valence-corrected chi connectivity index (χ3v) is 5.28. The van der Waals surface area contributed by atoms with Crippen LogP contribution in [0.3, 0.4) is 0 Å². The van der Waals surface area contributed by atoms with Crippen molar-refractivity contribution < 1.29 is 27.1 Å². The third kappa shape index (κ3) is 4.43. The molecule has 182 valence electrons. The summed E-state index contributed by atoms with van der Waals surface area (Å²) < 4.78 is 58.9. The Labute approximate surface area is 198 Å². The fourth-order valence-corrected chi connectivity index (χ4v) is 3.66. The molecule has 0 atom stereocenters. The molecule has 36 heavy (non-hydrogen) atoms. The molecule has 0 bridgehead atoms. The second-order valence-corrected chi connectivity index (χ2v) is 7.64. The van der Waals surface area contributed by atoms with E-state index < -0.39 is 35.0 Å². The van der Waals surface area contributed by atoms with Crippen LogP contribution in [0.4, 0.5) is 33.7 Å². The number of fused-ring (bicyclic) bond motifs is 2. The van der Waals surface area contributed by atoms with Gasteiger partial charge in [0.05, 0.1) is 16.9 Å². The van der Waals surface area contributed by atoms with Gasteiger partial charge in [-0.1, -0.05) is 24.3 Å². The number of anilines is 2. The predicted molar refractivity (Wildman–Crippen MR) is 125 cm³/mol. The van der Waals surface area contributed by atoms with Crippen molar-refractivity contribution >= 4 is 39.3 Å². The predicted octanol–water partition coefficient (Wildman–Crippen LogP) is 6.00. The SMILES string of the molecule is O=C(Nc1cc(C(F)(F)F)ccc1F)Nc1ccc(Oc2ccnc3[nH]c(=O)[nH]c23)c2ccccc12. The molecule has 2 amide bonds. The number of imidazole rings is 1. The zero-order valence-corrected chi connectivity index (χ0v) is 18.0. The monoisotopic (exact) mass is 497 g/mol. The van der Waals surface area contributed by atoms with Crippen LogP contribution in [-0.2, 0) is 6.18 Å². The van der Waals surface area contributed by atoms with Gasteiger partial charge in [0.15, 0.2) is 11.4 Å². The molecule has 0 fully saturated rings. The number of aromatic amines is 2. The summed E-state index contributed by atoms with van der Waals surface area (Å²) in [7, 11) is 0. The van der Waals surface area contributed by atoms with Crippen LogP contribution in [0.5, 0.6) is 11.5 Å². The van der Waals surface area contributed by atoms with Crippen molar-refractivity contribution in [3.05, 3.63) is 88.7 Å². The number of rotatable bonds is 4. The first-order valence-electron chi connectivity index (χ1n) is 10.4. The summed E-state index contributed by atoms with van der Waals surface area (Å²) in [6.07, 6.45) is -3.22. The quantitative estimate of drug-likeness (QED) is 0.228. The number of nitrogens with one attached hydrogen (secondary N) is 4. The highest BCUT2D eigenvalue weighted by Gasteiger charge is 2.31. The number of H-pyrrole nitrogens is 2. The van der Waals surface area contributed by atoms with Crippen LogP contribution in [0, 0.1) is 5.82 Å². The van der Waals surface area contributed by atoms with Crippen molar-refractivity contribution in [2.75, 3.05) is 10.6 Å². The first-order chi connectivity index (χ1) is 17.2. The lowest BCUT2D eigenvalue weighted by atomic mass is 10.1. The highest BCUT2D eigenvalue weighted by Crippen LogP contribution is 2.36. The van der Waals surface area contributed by atoms with E-state index in [-0.39, 0.29) is 0 Å². The molecule has 5 aromatic rings. The van der Waals surface area contributed by atoms with Gasteiger partial charge in [-0.25, -0.2) is 19.0 Å². The second-order valence-electron chi connectivity index (χ2n) is 7.64. The van der Waals surface area contributed by atoms with Crippen LogP contribution in [0.15, 0.2) is 71.7 Å². The number of hydrogen-bond acceptors (Lipinski definition) is 4. The highest BCUT2D eigenvalue weighted by atomic mass is 19.4. The van der Waals surface area contributed by atoms with E-state index in [9.17, 15) is 27.2 Å². The molecule has 0 aliphatic carbocycles. The van der Waals surface area contributed by atoms with Crippen LogP contribution < -0.4 is 21.1 Å². The van der Waals surface area contributed by atoms with Crippen LogP contribution in [0.25, 0.3) is 21.9 Å². The number of halogens is 4. The lowest BCUT2D eigenvalue weighted by Gasteiger charge is -2.15. The molecule has 8 nitrogen and oxygen atoms in total. The van der Waals surface area contributed by atoms with Gasteiger partial charge < -0.3 is 20.4 Å². The van der Waals surface area contributed by atoms with Crippen LogP contribution in [0.1, 0.15) is 5.56 Å². The van der Waals surface area contributed by atoms with E-state index in [0.717, 1.165) is 0 Å². The molecule has 0 aliphatic rings. The topological polar surface area (TPSA) is 112 Å². The maximum atomic E-state index is 14.0. The molecule has 0 saturated carbocycles. The zero-order valence-electron chi connectivity index (χ0n) is 18.0. The third-order valence-electron chi connectivity index (χ3n) is 5.28. The van der Waals surface area contributed by atoms with Crippen molar-refractivity contribution in [3.8, 4) is 11.5 Å². The van der Waals surface area contributed by atoms with Gasteiger partial charge in [-0.05, 0) is 30.3 Å². The molecule has 12 heteroatoms. The smallest absolute Gasteiger partial charge is 0.416 e. The lowest BCUT2D eigenvalue weighted by Crippen LogP contribution is -2.21. The number of pyridine rings is 1. The number of ether oxygens (including phenoxy) is 1. The Balaban J connectivity index is 1.43. The molecule has 5 rings (SSSR count). The Morgan fingerprint density at radius 3 is 2.42 bits per heavy atom. The molecule has 0 aliphatic heterocycles. The number of carbonyl (C=O) groups is 1. The summed E-state index contributed by atoms with van der Waals surface area (Å²) in [5.41, 5.74) is -1.16. The Kier molecular flexibility index (Phi) is 5.55. The summed E-state index contributed by atoms with van der Waals surface area (Å²) in [6.45, 7) is 0. The Morgan fingerprint density at radius 2 is 1.64 bits per heavy atom. The minimum absolute atomic E-state index is 0.303. The molecule has 0 spiro atoms. The largest absolute Gasteiger partial charge is 0.454 e. The van der Waals surface area contributed by atoms with E-state index in [1.807, 2.05) is 0 Å². The average molecular weight is 497 g/mol. The first kappa shape index (κ1) is 22.9. The first-order valence-corrected chi connectivity index (χ1v) is 10.4. The van der Waals surface area contributed by atoms with Crippen molar-refractivity contribution in [2.45, 2.75) is 6.18 Å². The number of urea groups is 1. The van der Waals surface area contributed by atoms with Crippen molar-refractivity contribution in [2.24, 2.45) is 0 Å². The van der Waals surface area contributed by atoms with Crippen molar-refractivity contribution in [3.63, 3.8) is 0 Å². The van der Waals surface area contributed by atoms with E-state index in [1.54, 1.807) is 36.4 Å². The van der Waals surface area contributed by atoms with Gasteiger partial charge >= 0.3 is 17.9 Å². The summed E-state index contributed by atoms with van der Waals surface area (Å²) >= 11 is 0. The number of alkyl halides is 3. The summed E-state index contributed by atoms with van der Waals surface area (Å²) in [5.74, 6) is -0.282. The van der Waals surface area contributed by atoms with Crippen LogP contribution in [0.2, 0.25) is 0 Å². The minimum atomic E-state index is -4.69. The Hall–Kier alpha value is -4.87. The van der Waals surface area contributed by atoms with Gasteiger partial charge in [-0.15, -0.1) is 0 Å². The highest BCUT2D eigenvalue weighted by molar-refractivity contribution is 6.07. The molecule has 3 aromatic carbocycles. The molecular weight excluding hydrogens is 482 g/mol. The van der Waals surface area contributed by atoms with Gasteiger partial charge in [-0.3, -0.25) is 4.98 Å². The van der Waals surface area contributed by atoms with Gasteiger partial charge in [0.25, 0.3) is 0 Å². The van der Waals surface area contributed by atoms with Crippen molar-refractivity contribution in [1.82, 2.24) is 15.0 Å². The summed E-state index contributed by atoms with van der Waals surface area (Å²) in [5, 5.41) is 5.77. The Morgan fingerprint density at radius 1 is 0.889 bits per heavy atom. The molecule has 0 radical (unpaired) electrons. The minimum Gasteiger partial charge on any atom is -0.454 e. The van der Waals surface area contributed by atoms with E-state index in [4.69, 9.17) is 4.74 Å². The zero-order chi connectivity index (χ0) is 25.4. The van der Waals surface area contributed by atoms with E-state index in [1.165, 1.54) is 12.3 Å². The fraction of sp³-hybridized carbons (Fsp3) is 0.0417. The summed E-state index contributed by atoms with van der Waals surface area (Å²) in [4.78, 5) is 33.4. The van der Waals surface area contributed by atoms with E-state index in [0.29, 0.717) is 57.3 Å². The second kappa shape index (κ2) is 8.73.